The Bertz CT molecular complexity index is 1250. The predicted octanol–water partition coefficient (Wildman–Crippen LogP) is 4.35. The lowest BCUT2D eigenvalue weighted by molar-refractivity contribution is -0.384. The molecule has 1 aliphatic rings. The molecule has 0 radical (unpaired) electrons. The van der Waals surface area contributed by atoms with Gasteiger partial charge in [-0.1, -0.05) is 48.5 Å². The SMILES string of the molecule is O=C1OC(Cc2ccccc2)=N/C1=C/c1ccccc1OC(=O)c1ccc([N+](=O)[O-])cc1. The van der Waals surface area contributed by atoms with Crippen LogP contribution in [0.25, 0.3) is 6.08 Å². The third kappa shape index (κ3) is 4.76. The molecule has 0 bridgehead atoms. The first-order chi connectivity index (χ1) is 15.5. The van der Waals surface area contributed by atoms with Crippen molar-refractivity contribution >= 4 is 29.6 Å². The Morgan fingerprint density at radius 1 is 1.00 bits per heavy atom. The monoisotopic (exact) mass is 428 g/mol. The number of nitro groups is 1. The summed E-state index contributed by atoms with van der Waals surface area (Å²) in [6.07, 6.45) is 1.86. The van der Waals surface area contributed by atoms with Gasteiger partial charge in [0.05, 0.1) is 10.5 Å². The zero-order valence-electron chi connectivity index (χ0n) is 16.6. The Hall–Kier alpha value is -4.59. The maximum Gasteiger partial charge on any atom is 0.363 e. The third-order valence-corrected chi connectivity index (χ3v) is 4.59. The van der Waals surface area contributed by atoms with E-state index in [2.05, 4.69) is 4.99 Å². The van der Waals surface area contributed by atoms with Gasteiger partial charge in [-0.2, -0.15) is 0 Å². The van der Waals surface area contributed by atoms with Gasteiger partial charge < -0.3 is 9.47 Å². The van der Waals surface area contributed by atoms with Crippen LogP contribution in [0.3, 0.4) is 0 Å². The minimum Gasteiger partial charge on any atom is -0.422 e. The Kier molecular flexibility index (Phi) is 5.85. The first kappa shape index (κ1) is 20.7. The van der Waals surface area contributed by atoms with Crippen LogP contribution in [0.2, 0.25) is 0 Å². The quantitative estimate of drug-likeness (QED) is 0.190. The van der Waals surface area contributed by atoms with E-state index in [4.69, 9.17) is 9.47 Å². The third-order valence-electron chi connectivity index (χ3n) is 4.59. The zero-order chi connectivity index (χ0) is 22.5. The fraction of sp³-hybridized carbons (Fsp3) is 0.0417. The van der Waals surface area contributed by atoms with Gasteiger partial charge in [-0.3, -0.25) is 10.1 Å². The van der Waals surface area contributed by atoms with Crippen LogP contribution in [0.15, 0.2) is 89.6 Å². The number of benzene rings is 3. The van der Waals surface area contributed by atoms with Crippen LogP contribution in [0.1, 0.15) is 21.5 Å². The van der Waals surface area contributed by atoms with Crippen LogP contribution in [0, 0.1) is 10.1 Å². The molecule has 0 saturated heterocycles. The molecule has 0 atom stereocenters. The fourth-order valence-corrected chi connectivity index (χ4v) is 3.02. The molecular weight excluding hydrogens is 412 g/mol. The van der Waals surface area contributed by atoms with E-state index in [1.165, 1.54) is 30.3 Å². The summed E-state index contributed by atoms with van der Waals surface area (Å²) in [5, 5.41) is 10.8. The minimum absolute atomic E-state index is 0.0924. The lowest BCUT2D eigenvalue weighted by atomic mass is 10.1. The van der Waals surface area contributed by atoms with Crippen LogP contribution in [0.4, 0.5) is 5.69 Å². The van der Waals surface area contributed by atoms with E-state index in [0.29, 0.717) is 12.0 Å². The summed E-state index contributed by atoms with van der Waals surface area (Å²) < 4.78 is 10.7. The van der Waals surface area contributed by atoms with Crippen LogP contribution in [-0.4, -0.2) is 22.8 Å². The van der Waals surface area contributed by atoms with E-state index in [9.17, 15) is 19.7 Å². The number of nitro benzene ring substituents is 1. The van der Waals surface area contributed by atoms with Gasteiger partial charge in [0.25, 0.3) is 5.69 Å². The standard InChI is InChI=1S/C24H16N2O6/c27-23(17-10-12-19(13-11-17)26(29)30)31-21-9-5-4-8-18(21)15-20-24(28)32-22(25-20)14-16-6-2-1-3-7-16/h1-13,15H,14H2/b20-15+. The molecule has 0 aliphatic carbocycles. The first-order valence-electron chi connectivity index (χ1n) is 9.60. The molecule has 1 aliphatic heterocycles. The van der Waals surface area contributed by atoms with E-state index < -0.39 is 16.9 Å². The van der Waals surface area contributed by atoms with Gasteiger partial charge in [-0.25, -0.2) is 14.6 Å². The van der Waals surface area contributed by atoms with E-state index in [-0.39, 0.29) is 28.6 Å². The van der Waals surface area contributed by atoms with Crippen molar-refractivity contribution < 1.29 is 24.0 Å². The molecule has 1 heterocycles. The van der Waals surface area contributed by atoms with Crippen LogP contribution >= 0.6 is 0 Å². The Morgan fingerprint density at radius 2 is 1.69 bits per heavy atom. The molecular formula is C24H16N2O6. The molecule has 3 aromatic carbocycles. The number of cyclic esters (lactones) is 1. The Morgan fingerprint density at radius 3 is 2.41 bits per heavy atom. The maximum absolute atomic E-state index is 12.5. The average Bonchev–Trinajstić information content (AvgIpc) is 3.14. The van der Waals surface area contributed by atoms with Gasteiger partial charge in [-0.05, 0) is 29.8 Å². The van der Waals surface area contributed by atoms with Crippen molar-refractivity contribution in [1.29, 1.82) is 0 Å². The molecule has 0 spiro atoms. The molecule has 0 unspecified atom stereocenters. The summed E-state index contributed by atoms with van der Waals surface area (Å²) >= 11 is 0. The average molecular weight is 428 g/mol. The number of hydrogen-bond acceptors (Lipinski definition) is 7. The molecule has 0 fully saturated rings. The summed E-state index contributed by atoms with van der Waals surface area (Å²) in [6, 6.07) is 21.2. The maximum atomic E-state index is 12.5. The van der Waals surface area contributed by atoms with Crippen molar-refractivity contribution in [2.45, 2.75) is 6.42 Å². The number of esters is 2. The second kappa shape index (κ2) is 9.05. The first-order valence-corrected chi connectivity index (χ1v) is 9.60. The van der Waals surface area contributed by atoms with Gasteiger partial charge >= 0.3 is 11.9 Å². The van der Waals surface area contributed by atoms with E-state index in [1.54, 1.807) is 24.3 Å². The number of carbonyl (C=O) groups is 2. The molecule has 158 valence electrons. The van der Waals surface area contributed by atoms with Crippen molar-refractivity contribution in [3.8, 4) is 5.75 Å². The highest BCUT2D eigenvalue weighted by molar-refractivity contribution is 6.07. The summed E-state index contributed by atoms with van der Waals surface area (Å²) in [5.74, 6) is -0.781. The zero-order valence-corrected chi connectivity index (χ0v) is 16.6. The van der Waals surface area contributed by atoms with Gasteiger partial charge in [-0.15, -0.1) is 0 Å². The largest absolute Gasteiger partial charge is 0.422 e. The number of nitrogens with zero attached hydrogens (tertiary/aromatic N) is 2. The van der Waals surface area contributed by atoms with Gasteiger partial charge in [0.2, 0.25) is 5.90 Å². The number of non-ortho nitro benzene ring substituents is 1. The molecule has 4 rings (SSSR count). The van der Waals surface area contributed by atoms with Gasteiger partial charge in [0.1, 0.15) is 5.75 Å². The number of para-hydroxylation sites is 1. The summed E-state index contributed by atoms with van der Waals surface area (Å²) in [7, 11) is 0. The topological polar surface area (TPSA) is 108 Å². The number of carbonyl (C=O) groups excluding carboxylic acids is 2. The van der Waals surface area contributed by atoms with Gasteiger partial charge in [0.15, 0.2) is 5.70 Å². The smallest absolute Gasteiger partial charge is 0.363 e. The highest BCUT2D eigenvalue weighted by atomic mass is 16.6. The normalized spacial score (nSPS) is 14.1. The Labute approximate surface area is 182 Å². The van der Waals surface area contributed by atoms with E-state index in [1.807, 2.05) is 30.3 Å². The Balaban J connectivity index is 1.54. The van der Waals surface area contributed by atoms with Crippen molar-refractivity contribution in [3.05, 3.63) is 111 Å². The molecule has 3 aromatic rings. The molecule has 0 saturated carbocycles. The van der Waals surface area contributed by atoms with E-state index in [0.717, 1.165) is 5.56 Å². The molecule has 8 nitrogen and oxygen atoms in total. The molecule has 0 aromatic heterocycles. The molecule has 32 heavy (non-hydrogen) atoms. The van der Waals surface area contributed by atoms with Crippen molar-refractivity contribution in [2.24, 2.45) is 4.99 Å². The lowest BCUT2D eigenvalue weighted by Gasteiger charge is -2.07. The van der Waals surface area contributed by atoms with E-state index >= 15 is 0 Å². The van der Waals surface area contributed by atoms with Crippen LogP contribution < -0.4 is 4.74 Å². The molecule has 0 amide bonds. The molecule has 0 N–H and O–H groups in total. The second-order valence-corrected chi connectivity index (χ2v) is 6.82. The van der Waals surface area contributed by atoms with Crippen molar-refractivity contribution in [3.63, 3.8) is 0 Å². The molecule has 8 heteroatoms. The highest BCUT2D eigenvalue weighted by Crippen LogP contribution is 2.25. The second-order valence-electron chi connectivity index (χ2n) is 6.82. The minimum atomic E-state index is -0.687. The van der Waals surface area contributed by atoms with Crippen molar-refractivity contribution in [1.82, 2.24) is 0 Å². The van der Waals surface area contributed by atoms with Crippen LogP contribution in [0.5, 0.6) is 5.75 Å². The lowest BCUT2D eigenvalue weighted by Crippen LogP contribution is -2.09. The number of rotatable bonds is 6. The summed E-state index contributed by atoms with van der Waals surface area (Å²) in [6.45, 7) is 0. The summed E-state index contributed by atoms with van der Waals surface area (Å²) in [5.41, 5.74) is 1.53. The number of ether oxygens (including phenoxy) is 2. The fourth-order valence-electron chi connectivity index (χ4n) is 3.02. The van der Waals surface area contributed by atoms with Gasteiger partial charge in [0, 0.05) is 24.1 Å². The van der Waals surface area contributed by atoms with Crippen molar-refractivity contribution in [2.75, 3.05) is 0 Å². The highest BCUT2D eigenvalue weighted by Gasteiger charge is 2.23. The number of aliphatic imine (C=N–C) groups is 1. The predicted molar refractivity (Wildman–Crippen MR) is 116 cm³/mol. The van der Waals surface area contributed by atoms with Crippen LogP contribution in [-0.2, 0) is 16.0 Å². The summed E-state index contributed by atoms with van der Waals surface area (Å²) in [4.78, 5) is 39.2. The number of hydrogen-bond donors (Lipinski definition) is 0.